The van der Waals surface area contributed by atoms with Crippen LogP contribution in [-0.2, 0) is 30.7 Å². The molecule has 2 aliphatic rings. The maximum Gasteiger partial charge on any atom is 0.218 e. The number of carbonyl (C=O) groups is 1. The smallest absolute Gasteiger partial charge is 0.218 e. The first kappa shape index (κ1) is 16.6. The third-order valence-electron chi connectivity index (χ3n) is 6.14. The van der Waals surface area contributed by atoms with Gasteiger partial charge in [-0.25, -0.2) is 0 Å². The molecule has 0 radical (unpaired) electrons. The van der Waals surface area contributed by atoms with Gasteiger partial charge in [0.2, 0.25) is 6.20 Å². The molecule has 0 fully saturated rings. The standard InChI is InChI=1S/C19H21N5O2/c1-11-15-6-5-14-16(13-9-22(3)24(26)10-13)23(4)21-18(14)19(15,2)7-12(8-20)17(11)25/h7,9-11,15H,5-6H2,1-4H3/t11-,15-,19-/m0/s1. The lowest BCUT2D eigenvalue weighted by atomic mass is 9.58. The van der Waals surface area contributed by atoms with Crippen LogP contribution >= 0.6 is 0 Å². The van der Waals surface area contributed by atoms with Gasteiger partial charge in [-0.3, -0.25) is 9.48 Å². The maximum atomic E-state index is 12.4. The molecule has 0 amide bonds. The Balaban J connectivity index is 1.94. The number of nitrogens with zero attached hydrogens (tertiary/aromatic N) is 5. The molecular formula is C19H21N5O2. The second-order valence-corrected chi connectivity index (χ2v) is 7.64. The van der Waals surface area contributed by atoms with Crippen molar-refractivity contribution >= 4 is 5.78 Å². The lowest BCUT2D eigenvalue weighted by Gasteiger charge is -2.44. The average Bonchev–Trinajstić information content (AvgIpc) is 3.10. The quantitative estimate of drug-likeness (QED) is 0.576. The Kier molecular flexibility index (Phi) is 3.38. The van der Waals surface area contributed by atoms with E-state index in [1.807, 2.05) is 24.7 Å². The first-order valence-electron chi connectivity index (χ1n) is 8.77. The number of hydrogen-bond acceptors (Lipinski definition) is 4. The third-order valence-corrected chi connectivity index (χ3v) is 6.14. The van der Waals surface area contributed by atoms with Crippen LogP contribution in [0.1, 0.15) is 31.5 Å². The minimum absolute atomic E-state index is 0.0648. The summed E-state index contributed by atoms with van der Waals surface area (Å²) in [6, 6.07) is 2.07. The molecule has 3 atom stereocenters. The number of aromatic nitrogens is 4. The molecule has 0 N–H and O–H groups in total. The molecule has 0 bridgehead atoms. The number of hydrogen-bond donors (Lipinski definition) is 0. The third kappa shape index (κ3) is 2.02. The van der Waals surface area contributed by atoms with Crippen LogP contribution in [-0.4, -0.2) is 20.2 Å². The van der Waals surface area contributed by atoms with Crippen LogP contribution in [0.25, 0.3) is 11.3 Å². The summed E-state index contributed by atoms with van der Waals surface area (Å²) in [5.74, 6) is -0.133. The summed E-state index contributed by atoms with van der Waals surface area (Å²) >= 11 is 0. The van der Waals surface area contributed by atoms with Gasteiger partial charge in [0.05, 0.1) is 35.8 Å². The van der Waals surface area contributed by atoms with E-state index in [0.29, 0.717) is 0 Å². The minimum atomic E-state index is -0.454. The number of aryl methyl sites for hydroxylation is 2. The Morgan fingerprint density at radius 1 is 1.46 bits per heavy atom. The summed E-state index contributed by atoms with van der Waals surface area (Å²) in [5.41, 5.74) is 3.55. The summed E-state index contributed by atoms with van der Waals surface area (Å²) in [4.78, 5) is 13.2. The highest BCUT2D eigenvalue weighted by atomic mass is 16.5. The summed E-state index contributed by atoms with van der Waals surface area (Å²) in [5, 5.41) is 26.0. The average molecular weight is 351 g/mol. The van der Waals surface area contributed by atoms with Gasteiger partial charge in [0, 0.05) is 23.9 Å². The number of nitriles is 1. The lowest BCUT2D eigenvalue weighted by Crippen LogP contribution is -2.45. The molecule has 2 heterocycles. The molecular weight excluding hydrogens is 330 g/mol. The van der Waals surface area contributed by atoms with E-state index in [1.165, 1.54) is 4.68 Å². The molecule has 0 unspecified atom stereocenters. The van der Waals surface area contributed by atoms with Crippen molar-refractivity contribution in [1.82, 2.24) is 14.5 Å². The van der Waals surface area contributed by atoms with Crippen molar-refractivity contribution < 1.29 is 9.64 Å². The van der Waals surface area contributed by atoms with Crippen molar-refractivity contribution in [2.75, 3.05) is 0 Å². The molecule has 2 aliphatic carbocycles. The van der Waals surface area contributed by atoms with Crippen molar-refractivity contribution in [3.8, 4) is 17.3 Å². The SMILES string of the molecule is C[C@@H]1C(=O)C(C#N)=C[C@]2(C)c3nn(C)c(-c4cn(C)[n+]([O-])c4)c3CC[C@@H]12. The van der Waals surface area contributed by atoms with E-state index >= 15 is 0 Å². The van der Waals surface area contributed by atoms with Gasteiger partial charge >= 0.3 is 0 Å². The number of rotatable bonds is 1. The van der Waals surface area contributed by atoms with Gasteiger partial charge < -0.3 is 5.21 Å². The van der Waals surface area contributed by atoms with E-state index < -0.39 is 5.41 Å². The Morgan fingerprint density at radius 2 is 2.19 bits per heavy atom. The summed E-state index contributed by atoms with van der Waals surface area (Å²) < 4.78 is 3.30. The zero-order chi connectivity index (χ0) is 18.8. The molecule has 134 valence electrons. The van der Waals surface area contributed by atoms with Gasteiger partial charge in [0.25, 0.3) is 0 Å². The van der Waals surface area contributed by atoms with Crippen LogP contribution in [0.2, 0.25) is 0 Å². The van der Waals surface area contributed by atoms with Crippen molar-refractivity contribution in [1.29, 1.82) is 5.26 Å². The molecule has 0 saturated carbocycles. The van der Waals surface area contributed by atoms with E-state index in [2.05, 4.69) is 13.0 Å². The topological polar surface area (TPSA) is 90.5 Å². The monoisotopic (exact) mass is 351 g/mol. The van der Waals surface area contributed by atoms with E-state index in [4.69, 9.17) is 5.10 Å². The van der Waals surface area contributed by atoms with Crippen LogP contribution in [0.15, 0.2) is 24.0 Å². The molecule has 0 aromatic carbocycles. The minimum Gasteiger partial charge on any atom is -0.596 e. The Morgan fingerprint density at radius 3 is 2.81 bits per heavy atom. The fourth-order valence-electron chi connectivity index (χ4n) is 4.83. The van der Waals surface area contributed by atoms with Gasteiger partial charge in [0.1, 0.15) is 6.07 Å². The molecule has 7 nitrogen and oxygen atoms in total. The molecule has 26 heavy (non-hydrogen) atoms. The number of allylic oxidation sites excluding steroid dienone is 2. The Hall–Kier alpha value is -2.88. The summed E-state index contributed by atoms with van der Waals surface area (Å²) in [6.07, 6.45) is 6.82. The molecule has 0 saturated heterocycles. The van der Waals surface area contributed by atoms with Gasteiger partial charge in [-0.1, -0.05) is 24.8 Å². The van der Waals surface area contributed by atoms with Crippen molar-refractivity contribution in [3.05, 3.63) is 40.5 Å². The molecule has 0 spiro atoms. The second-order valence-electron chi connectivity index (χ2n) is 7.64. The predicted molar refractivity (Wildman–Crippen MR) is 93.6 cm³/mol. The van der Waals surface area contributed by atoms with Gasteiger partial charge in [-0.15, -0.1) is 0 Å². The number of Topliss-reactive ketones (excluding diaryl/α,β-unsaturated/α-hetero) is 1. The zero-order valence-corrected chi connectivity index (χ0v) is 15.4. The van der Waals surface area contributed by atoms with Crippen molar-refractivity contribution in [2.45, 2.75) is 32.1 Å². The van der Waals surface area contributed by atoms with Crippen LogP contribution < -0.4 is 4.85 Å². The van der Waals surface area contributed by atoms with Crippen molar-refractivity contribution in [2.24, 2.45) is 25.9 Å². The number of fused-ring (bicyclic) bond motifs is 3. The fraction of sp³-hybridized carbons (Fsp3) is 0.474. The molecule has 2 aromatic rings. The van der Waals surface area contributed by atoms with E-state index in [9.17, 15) is 15.3 Å². The highest BCUT2D eigenvalue weighted by molar-refractivity contribution is 6.02. The van der Waals surface area contributed by atoms with Crippen LogP contribution in [0, 0.1) is 28.4 Å². The second kappa shape index (κ2) is 5.31. The number of carbonyl (C=O) groups excluding carboxylic acids is 1. The zero-order valence-electron chi connectivity index (χ0n) is 15.4. The first-order chi connectivity index (χ1) is 12.3. The highest BCUT2D eigenvalue weighted by Gasteiger charge is 2.50. The first-order valence-corrected chi connectivity index (χ1v) is 8.77. The van der Waals surface area contributed by atoms with E-state index in [0.717, 1.165) is 40.2 Å². The molecule has 4 rings (SSSR count). The largest absolute Gasteiger partial charge is 0.596 e. The predicted octanol–water partition coefficient (Wildman–Crippen LogP) is 1.55. The number of ketones is 1. The van der Waals surface area contributed by atoms with Gasteiger partial charge in [-0.2, -0.15) is 15.0 Å². The molecule has 2 aromatic heterocycles. The Bertz CT molecular complexity index is 987. The van der Waals surface area contributed by atoms with Crippen LogP contribution in [0.3, 0.4) is 0 Å². The van der Waals surface area contributed by atoms with Crippen LogP contribution in [0.4, 0.5) is 0 Å². The van der Waals surface area contributed by atoms with Gasteiger partial charge in [-0.05, 0) is 18.8 Å². The molecule has 7 heteroatoms. The highest BCUT2D eigenvalue weighted by Crippen LogP contribution is 2.50. The van der Waals surface area contributed by atoms with Gasteiger partial charge in [0.15, 0.2) is 5.78 Å². The van der Waals surface area contributed by atoms with E-state index in [1.54, 1.807) is 19.4 Å². The normalized spacial score (nSPS) is 27.5. The van der Waals surface area contributed by atoms with Crippen LogP contribution in [0.5, 0.6) is 0 Å². The van der Waals surface area contributed by atoms with E-state index in [-0.39, 0.29) is 23.2 Å². The summed E-state index contributed by atoms with van der Waals surface area (Å²) in [6.45, 7) is 3.99. The maximum absolute atomic E-state index is 12.4. The molecule has 0 aliphatic heterocycles. The summed E-state index contributed by atoms with van der Waals surface area (Å²) in [7, 11) is 3.58. The van der Waals surface area contributed by atoms with Crippen molar-refractivity contribution in [3.63, 3.8) is 0 Å². The lowest BCUT2D eigenvalue weighted by molar-refractivity contribution is -0.691. The Labute approximate surface area is 151 Å². The fourth-order valence-corrected chi connectivity index (χ4v) is 4.83.